The van der Waals surface area contributed by atoms with Gasteiger partial charge in [-0.05, 0) is 49.4 Å². The molecule has 1 amide bonds. The number of nitrogens with one attached hydrogen (secondary N) is 2. The summed E-state index contributed by atoms with van der Waals surface area (Å²) < 4.78 is 43.7. The summed E-state index contributed by atoms with van der Waals surface area (Å²) >= 11 is 0. The Hall–Kier alpha value is -2.74. The molecule has 0 aliphatic carbocycles. The molecule has 1 saturated heterocycles. The standard InChI is InChI=1S/C21H24F3N3O2/c1-15(20(28)25-17-5-3-4-16(14-17)21(22,23)24)26-10-12-27(13-11-26)18-6-8-19(29-2)9-7-18/h3-9,14-15H,10-13H2,1-2H3,(H,25,28)/p+1/t15-/m0/s1. The van der Waals surface area contributed by atoms with Gasteiger partial charge in [-0.2, -0.15) is 13.2 Å². The van der Waals surface area contributed by atoms with E-state index in [1.54, 1.807) is 14.0 Å². The van der Waals surface area contributed by atoms with Crippen molar-refractivity contribution in [3.63, 3.8) is 0 Å². The van der Waals surface area contributed by atoms with E-state index in [1.807, 2.05) is 24.3 Å². The zero-order valence-electron chi connectivity index (χ0n) is 16.4. The van der Waals surface area contributed by atoms with Crippen molar-refractivity contribution in [3.05, 3.63) is 54.1 Å². The van der Waals surface area contributed by atoms with Gasteiger partial charge in [-0.1, -0.05) is 6.07 Å². The fraction of sp³-hybridized carbons (Fsp3) is 0.381. The van der Waals surface area contributed by atoms with Crippen LogP contribution in [0.1, 0.15) is 12.5 Å². The number of carbonyl (C=O) groups is 1. The van der Waals surface area contributed by atoms with Crippen LogP contribution in [-0.2, 0) is 11.0 Å². The number of carbonyl (C=O) groups excluding carboxylic acids is 1. The van der Waals surface area contributed by atoms with Crippen LogP contribution in [0.3, 0.4) is 0 Å². The lowest BCUT2D eigenvalue weighted by Crippen LogP contribution is -3.19. The highest BCUT2D eigenvalue weighted by atomic mass is 19.4. The van der Waals surface area contributed by atoms with E-state index in [-0.39, 0.29) is 17.6 Å². The minimum atomic E-state index is -4.44. The molecule has 8 heteroatoms. The Bertz CT molecular complexity index is 832. The molecule has 3 rings (SSSR count). The number of piperazine rings is 1. The lowest BCUT2D eigenvalue weighted by Gasteiger charge is -2.36. The molecule has 0 unspecified atom stereocenters. The van der Waals surface area contributed by atoms with E-state index in [4.69, 9.17) is 4.74 Å². The first-order chi connectivity index (χ1) is 13.8. The molecular formula is C21H25F3N3O2+. The number of halogens is 3. The van der Waals surface area contributed by atoms with Crippen molar-refractivity contribution in [2.75, 3.05) is 43.5 Å². The molecule has 156 valence electrons. The number of rotatable bonds is 5. The average molecular weight is 408 g/mol. The quantitative estimate of drug-likeness (QED) is 0.799. The van der Waals surface area contributed by atoms with E-state index in [2.05, 4.69) is 10.2 Å². The summed E-state index contributed by atoms with van der Waals surface area (Å²) in [7, 11) is 1.63. The molecule has 2 aromatic carbocycles. The number of hydrogen-bond acceptors (Lipinski definition) is 3. The molecule has 5 nitrogen and oxygen atoms in total. The van der Waals surface area contributed by atoms with Crippen molar-refractivity contribution in [1.82, 2.24) is 0 Å². The summed E-state index contributed by atoms with van der Waals surface area (Å²) in [6.45, 7) is 4.93. The van der Waals surface area contributed by atoms with Gasteiger partial charge in [0.05, 0.1) is 38.9 Å². The number of ether oxygens (including phenoxy) is 1. The van der Waals surface area contributed by atoms with E-state index in [0.717, 1.165) is 54.6 Å². The molecule has 29 heavy (non-hydrogen) atoms. The molecule has 1 fully saturated rings. The van der Waals surface area contributed by atoms with Gasteiger partial charge < -0.3 is 19.9 Å². The summed E-state index contributed by atoms with van der Waals surface area (Å²) in [5.74, 6) is 0.523. The molecule has 1 atom stereocenters. The van der Waals surface area contributed by atoms with Crippen LogP contribution < -0.4 is 19.9 Å². The van der Waals surface area contributed by atoms with Crippen LogP contribution >= 0.6 is 0 Å². The third-order valence-electron chi connectivity index (χ3n) is 5.31. The van der Waals surface area contributed by atoms with E-state index < -0.39 is 11.7 Å². The number of methoxy groups -OCH3 is 1. The van der Waals surface area contributed by atoms with Gasteiger partial charge in [-0.25, -0.2) is 0 Å². The number of anilines is 2. The monoisotopic (exact) mass is 408 g/mol. The molecule has 0 saturated carbocycles. The third-order valence-corrected chi connectivity index (χ3v) is 5.31. The molecule has 0 radical (unpaired) electrons. The summed E-state index contributed by atoms with van der Waals surface area (Å²) in [6.07, 6.45) is -4.44. The van der Waals surface area contributed by atoms with Crippen molar-refractivity contribution in [3.8, 4) is 5.75 Å². The minimum absolute atomic E-state index is 0.160. The summed E-state index contributed by atoms with van der Waals surface area (Å²) in [5.41, 5.74) is 0.488. The maximum atomic E-state index is 12.8. The lowest BCUT2D eigenvalue weighted by atomic mass is 10.1. The Balaban J connectivity index is 1.56. The van der Waals surface area contributed by atoms with Crippen LogP contribution in [0, 0.1) is 0 Å². The largest absolute Gasteiger partial charge is 0.497 e. The van der Waals surface area contributed by atoms with Crippen molar-refractivity contribution >= 4 is 17.3 Å². The second-order valence-electron chi connectivity index (χ2n) is 7.13. The van der Waals surface area contributed by atoms with Crippen molar-refractivity contribution in [2.24, 2.45) is 0 Å². The Morgan fingerprint density at radius 3 is 2.38 bits per heavy atom. The molecule has 2 N–H and O–H groups in total. The van der Waals surface area contributed by atoms with Crippen LogP contribution in [-0.4, -0.2) is 45.2 Å². The number of hydrogen-bond donors (Lipinski definition) is 2. The number of nitrogens with zero attached hydrogens (tertiary/aromatic N) is 1. The average Bonchev–Trinajstić information content (AvgIpc) is 2.73. The fourth-order valence-electron chi connectivity index (χ4n) is 3.49. The van der Waals surface area contributed by atoms with Crippen molar-refractivity contribution < 1.29 is 27.6 Å². The maximum Gasteiger partial charge on any atom is 0.416 e. The predicted molar refractivity (Wildman–Crippen MR) is 105 cm³/mol. The third kappa shape index (κ3) is 5.20. The lowest BCUT2D eigenvalue weighted by molar-refractivity contribution is -0.914. The van der Waals surface area contributed by atoms with E-state index in [1.165, 1.54) is 12.1 Å². The van der Waals surface area contributed by atoms with Gasteiger partial charge in [-0.3, -0.25) is 4.79 Å². The van der Waals surface area contributed by atoms with Crippen molar-refractivity contribution in [2.45, 2.75) is 19.1 Å². The molecule has 1 aliphatic rings. The van der Waals surface area contributed by atoms with Gasteiger partial charge in [0.15, 0.2) is 6.04 Å². The molecular weight excluding hydrogens is 383 g/mol. The highest BCUT2D eigenvalue weighted by Crippen LogP contribution is 2.30. The van der Waals surface area contributed by atoms with Gasteiger partial charge in [0, 0.05) is 11.4 Å². The number of benzene rings is 2. The zero-order valence-corrected chi connectivity index (χ0v) is 16.4. The summed E-state index contributed by atoms with van der Waals surface area (Å²) in [5, 5.41) is 2.62. The van der Waals surface area contributed by atoms with E-state index >= 15 is 0 Å². The first-order valence-electron chi connectivity index (χ1n) is 9.49. The topological polar surface area (TPSA) is 46.0 Å². The highest BCUT2D eigenvalue weighted by molar-refractivity contribution is 5.93. The van der Waals surface area contributed by atoms with Gasteiger partial charge >= 0.3 is 6.18 Å². The van der Waals surface area contributed by atoms with E-state index in [9.17, 15) is 18.0 Å². The van der Waals surface area contributed by atoms with Gasteiger partial charge in [0.2, 0.25) is 0 Å². The second-order valence-corrected chi connectivity index (χ2v) is 7.13. The fourth-order valence-corrected chi connectivity index (χ4v) is 3.49. The molecule has 2 aromatic rings. The van der Waals surface area contributed by atoms with Crippen molar-refractivity contribution in [1.29, 1.82) is 0 Å². The molecule has 0 spiro atoms. The summed E-state index contributed by atoms with van der Waals surface area (Å²) in [4.78, 5) is 15.9. The van der Waals surface area contributed by atoms with Gasteiger partial charge in [-0.15, -0.1) is 0 Å². The number of quaternary nitrogens is 1. The Kier molecular flexibility index (Phi) is 6.32. The normalized spacial score (nSPS) is 16.4. The molecule has 0 aromatic heterocycles. The second kappa shape index (κ2) is 8.73. The van der Waals surface area contributed by atoms with Crippen LogP contribution in [0.5, 0.6) is 5.75 Å². The van der Waals surface area contributed by atoms with Gasteiger partial charge in [0.1, 0.15) is 5.75 Å². The number of alkyl halides is 3. The van der Waals surface area contributed by atoms with E-state index in [0.29, 0.717) is 0 Å². The first-order valence-corrected chi connectivity index (χ1v) is 9.49. The van der Waals surface area contributed by atoms with Crippen LogP contribution in [0.25, 0.3) is 0 Å². The molecule has 0 bridgehead atoms. The SMILES string of the molecule is COc1ccc(N2CC[NH+]([C@@H](C)C(=O)Nc3cccc(C(F)(F)F)c3)CC2)cc1. The highest BCUT2D eigenvalue weighted by Gasteiger charge is 2.32. The van der Waals surface area contributed by atoms with Gasteiger partial charge in [0.25, 0.3) is 5.91 Å². The zero-order chi connectivity index (χ0) is 21.0. The Morgan fingerprint density at radius 2 is 1.79 bits per heavy atom. The first kappa shape index (κ1) is 21.0. The van der Waals surface area contributed by atoms with Crippen LogP contribution in [0.2, 0.25) is 0 Å². The minimum Gasteiger partial charge on any atom is -0.497 e. The Morgan fingerprint density at radius 1 is 1.14 bits per heavy atom. The maximum absolute atomic E-state index is 12.8. The van der Waals surface area contributed by atoms with Crippen LogP contribution in [0.15, 0.2) is 48.5 Å². The predicted octanol–water partition coefficient (Wildman–Crippen LogP) is 2.45. The molecule has 1 aliphatic heterocycles. The molecule has 1 heterocycles. The number of amides is 1. The smallest absolute Gasteiger partial charge is 0.416 e. The summed E-state index contributed by atoms with van der Waals surface area (Å²) in [6, 6.07) is 12.2. The van der Waals surface area contributed by atoms with Crippen LogP contribution in [0.4, 0.5) is 24.5 Å². The Labute approximate surface area is 168 Å².